The van der Waals surface area contributed by atoms with Gasteiger partial charge < -0.3 is 14.6 Å². The van der Waals surface area contributed by atoms with Gasteiger partial charge in [0, 0.05) is 13.0 Å². The van der Waals surface area contributed by atoms with Gasteiger partial charge in [-0.1, -0.05) is 0 Å². The summed E-state index contributed by atoms with van der Waals surface area (Å²) in [4.78, 5) is 10.4. The average Bonchev–Trinajstić information content (AvgIpc) is 2.85. The highest BCUT2D eigenvalue weighted by Gasteiger charge is 2.18. The predicted octanol–water partition coefficient (Wildman–Crippen LogP) is 0.00100. The first-order valence-electron chi connectivity index (χ1n) is 6.04. The quantitative estimate of drug-likeness (QED) is 0.687. The summed E-state index contributed by atoms with van der Waals surface area (Å²) in [6, 6.07) is 4.70. The lowest BCUT2D eigenvalue weighted by Gasteiger charge is -2.08. The minimum absolute atomic E-state index is 0.000415. The lowest BCUT2D eigenvalue weighted by molar-refractivity contribution is -0.142. The van der Waals surface area contributed by atoms with E-state index in [0.29, 0.717) is 18.8 Å². The number of carboxylic acids is 1. The third-order valence-corrected chi connectivity index (χ3v) is 4.19. The zero-order valence-corrected chi connectivity index (χ0v) is 11.5. The molecule has 1 aliphatic heterocycles. The lowest BCUT2D eigenvalue weighted by Crippen LogP contribution is -2.28. The molecule has 0 fully saturated rings. The average molecular weight is 301 g/mol. The van der Waals surface area contributed by atoms with E-state index in [1.165, 1.54) is 6.07 Å². The summed E-state index contributed by atoms with van der Waals surface area (Å²) in [5.41, 5.74) is 0.870. The van der Waals surface area contributed by atoms with Crippen LogP contribution in [0.3, 0.4) is 0 Å². The summed E-state index contributed by atoms with van der Waals surface area (Å²) in [5, 5.41) is 8.36. The summed E-state index contributed by atoms with van der Waals surface area (Å²) in [6.45, 7) is 0.135. The Hall–Kier alpha value is -1.64. The fourth-order valence-corrected chi connectivity index (χ4v) is 2.88. The molecule has 0 aromatic heterocycles. The van der Waals surface area contributed by atoms with E-state index in [9.17, 15) is 13.2 Å². The number of carboxylic acid groups (broad SMARTS) is 1. The molecule has 0 bridgehead atoms. The molecule has 0 aliphatic carbocycles. The summed E-state index contributed by atoms with van der Waals surface area (Å²) in [7, 11) is -3.62. The number of fused-ring (bicyclic) bond motifs is 1. The van der Waals surface area contributed by atoms with E-state index in [1.807, 2.05) is 0 Å². The van der Waals surface area contributed by atoms with E-state index < -0.39 is 22.6 Å². The van der Waals surface area contributed by atoms with E-state index in [4.69, 9.17) is 14.6 Å². The predicted molar refractivity (Wildman–Crippen MR) is 69.3 cm³/mol. The number of hydrogen-bond acceptors (Lipinski definition) is 5. The van der Waals surface area contributed by atoms with Crippen molar-refractivity contribution >= 4 is 16.0 Å². The number of carbonyl (C=O) groups is 1. The van der Waals surface area contributed by atoms with Gasteiger partial charge in [-0.15, -0.1) is 0 Å². The Morgan fingerprint density at radius 1 is 1.45 bits per heavy atom. The largest absolute Gasteiger partial charge is 0.493 e. The molecule has 1 aromatic rings. The van der Waals surface area contributed by atoms with Gasteiger partial charge in [0.2, 0.25) is 10.0 Å². The first-order chi connectivity index (χ1) is 9.49. The van der Waals surface area contributed by atoms with Crippen molar-refractivity contribution in [2.24, 2.45) is 0 Å². The van der Waals surface area contributed by atoms with Crippen LogP contribution in [0.2, 0.25) is 0 Å². The fraction of sp³-hybridized carbons (Fsp3) is 0.417. The standard InChI is InChI=1S/C12H15NO6S/c14-12(15)8-18-6-4-13-20(16,17)10-1-2-11-9(7-10)3-5-19-11/h1-2,7,13H,3-6,8H2,(H,14,15). The highest BCUT2D eigenvalue weighted by molar-refractivity contribution is 7.89. The van der Waals surface area contributed by atoms with Gasteiger partial charge in [-0.2, -0.15) is 0 Å². The molecule has 2 N–H and O–H groups in total. The third kappa shape index (κ3) is 3.69. The van der Waals surface area contributed by atoms with Crippen molar-refractivity contribution in [1.82, 2.24) is 4.72 Å². The maximum absolute atomic E-state index is 12.0. The molecule has 0 amide bonds. The van der Waals surface area contributed by atoms with E-state index in [0.717, 1.165) is 5.56 Å². The molecule has 1 aromatic carbocycles. The van der Waals surface area contributed by atoms with Gasteiger partial charge in [-0.05, 0) is 23.8 Å². The van der Waals surface area contributed by atoms with Crippen LogP contribution in [0.15, 0.2) is 23.1 Å². The van der Waals surface area contributed by atoms with Crippen molar-refractivity contribution < 1.29 is 27.8 Å². The van der Waals surface area contributed by atoms with Gasteiger partial charge in [0.05, 0.1) is 18.1 Å². The molecule has 0 spiro atoms. The third-order valence-electron chi connectivity index (χ3n) is 2.74. The van der Waals surface area contributed by atoms with Crippen LogP contribution in [-0.4, -0.2) is 45.9 Å². The Kier molecular flexibility index (Phi) is 4.58. The molecule has 0 atom stereocenters. The lowest BCUT2D eigenvalue weighted by atomic mass is 10.2. The zero-order chi connectivity index (χ0) is 14.6. The topological polar surface area (TPSA) is 102 Å². The highest BCUT2D eigenvalue weighted by Crippen LogP contribution is 2.27. The Balaban J connectivity index is 1.91. The molecular formula is C12H15NO6S. The van der Waals surface area contributed by atoms with Crippen molar-refractivity contribution in [1.29, 1.82) is 0 Å². The van der Waals surface area contributed by atoms with E-state index in [2.05, 4.69) is 4.72 Å². The van der Waals surface area contributed by atoms with Crippen molar-refractivity contribution in [2.75, 3.05) is 26.4 Å². The fourth-order valence-electron chi connectivity index (χ4n) is 1.82. The molecule has 110 valence electrons. The van der Waals surface area contributed by atoms with Gasteiger partial charge >= 0.3 is 5.97 Å². The summed E-state index contributed by atoms with van der Waals surface area (Å²) >= 11 is 0. The second-order valence-electron chi connectivity index (χ2n) is 4.21. The molecule has 8 heteroatoms. The van der Waals surface area contributed by atoms with Crippen molar-refractivity contribution in [2.45, 2.75) is 11.3 Å². The molecule has 0 unspecified atom stereocenters. The number of benzene rings is 1. The van der Waals surface area contributed by atoms with E-state index in [-0.39, 0.29) is 18.0 Å². The number of hydrogen-bond donors (Lipinski definition) is 2. The van der Waals surface area contributed by atoms with Crippen molar-refractivity contribution in [3.8, 4) is 5.75 Å². The number of rotatable bonds is 7. The molecule has 0 saturated carbocycles. The first-order valence-corrected chi connectivity index (χ1v) is 7.52. The molecule has 1 heterocycles. The van der Waals surface area contributed by atoms with E-state index >= 15 is 0 Å². The Labute approximate surface area is 116 Å². The van der Waals surface area contributed by atoms with Crippen LogP contribution < -0.4 is 9.46 Å². The zero-order valence-electron chi connectivity index (χ0n) is 10.7. The molecule has 1 aliphatic rings. The van der Waals surface area contributed by atoms with Crippen LogP contribution in [0.1, 0.15) is 5.56 Å². The van der Waals surface area contributed by atoms with Gasteiger partial charge in [0.15, 0.2) is 0 Å². The Morgan fingerprint density at radius 3 is 3.00 bits per heavy atom. The van der Waals surface area contributed by atoms with Crippen LogP contribution in [0.4, 0.5) is 0 Å². The van der Waals surface area contributed by atoms with Crippen LogP contribution in [0, 0.1) is 0 Å². The summed E-state index contributed by atoms with van der Waals surface area (Å²) < 4.78 is 36.4. The van der Waals surface area contributed by atoms with Crippen molar-refractivity contribution in [3.63, 3.8) is 0 Å². The molecule has 7 nitrogen and oxygen atoms in total. The van der Waals surface area contributed by atoms with Crippen molar-refractivity contribution in [3.05, 3.63) is 23.8 Å². The number of sulfonamides is 1. The Morgan fingerprint density at radius 2 is 2.25 bits per heavy atom. The smallest absolute Gasteiger partial charge is 0.329 e. The number of ether oxygens (including phenoxy) is 2. The van der Waals surface area contributed by atoms with Crippen LogP contribution in [0.25, 0.3) is 0 Å². The maximum atomic E-state index is 12.0. The highest BCUT2D eigenvalue weighted by atomic mass is 32.2. The monoisotopic (exact) mass is 301 g/mol. The molecule has 0 radical (unpaired) electrons. The van der Waals surface area contributed by atoms with Crippen LogP contribution in [0.5, 0.6) is 5.75 Å². The molecule has 20 heavy (non-hydrogen) atoms. The van der Waals surface area contributed by atoms with Gasteiger partial charge in [0.1, 0.15) is 12.4 Å². The van der Waals surface area contributed by atoms with E-state index in [1.54, 1.807) is 12.1 Å². The molecule has 0 saturated heterocycles. The normalized spacial score (nSPS) is 13.8. The minimum Gasteiger partial charge on any atom is -0.493 e. The Bertz CT molecular complexity index is 598. The summed E-state index contributed by atoms with van der Waals surface area (Å²) in [5.74, 6) is -0.375. The molecular weight excluding hydrogens is 286 g/mol. The van der Waals surface area contributed by atoms with Crippen LogP contribution >= 0.6 is 0 Å². The number of aliphatic carboxylic acids is 1. The molecule has 2 rings (SSSR count). The first kappa shape index (κ1) is 14.8. The maximum Gasteiger partial charge on any atom is 0.329 e. The van der Waals surface area contributed by atoms with Gasteiger partial charge in [0.25, 0.3) is 0 Å². The second-order valence-corrected chi connectivity index (χ2v) is 5.98. The summed E-state index contributed by atoms with van der Waals surface area (Å²) in [6.07, 6.45) is 0.695. The van der Waals surface area contributed by atoms with Crippen LogP contribution in [-0.2, 0) is 26.0 Å². The van der Waals surface area contributed by atoms with Gasteiger partial charge in [-0.25, -0.2) is 17.9 Å². The number of nitrogens with one attached hydrogen (secondary N) is 1. The SMILES string of the molecule is O=C(O)COCCNS(=O)(=O)c1ccc2c(c1)CCO2. The minimum atomic E-state index is -3.62. The second kappa shape index (κ2) is 6.21. The van der Waals surface area contributed by atoms with Gasteiger partial charge in [-0.3, -0.25) is 0 Å².